The van der Waals surface area contributed by atoms with E-state index < -0.39 is 0 Å². The molecule has 1 heterocycles. The van der Waals surface area contributed by atoms with Crippen LogP contribution in [0.15, 0.2) is 71.2 Å². The van der Waals surface area contributed by atoms with Gasteiger partial charge in [0.25, 0.3) is 5.91 Å². The molecule has 1 aliphatic rings. The number of nitrogens with one attached hydrogen (secondary N) is 1. The molecule has 0 aliphatic carbocycles. The quantitative estimate of drug-likeness (QED) is 0.490. The fourth-order valence-corrected chi connectivity index (χ4v) is 5.14. The molecule has 6 heteroatoms. The highest BCUT2D eigenvalue weighted by atomic mass is 79.9. The van der Waals surface area contributed by atoms with E-state index in [0.29, 0.717) is 11.3 Å². The number of rotatable bonds is 4. The van der Waals surface area contributed by atoms with E-state index in [9.17, 15) is 9.59 Å². The molecule has 1 fully saturated rings. The molecule has 0 radical (unpaired) electrons. The van der Waals surface area contributed by atoms with Gasteiger partial charge in [-0.25, -0.2) is 0 Å². The number of aryl methyl sites for hydroxylation is 2. The zero-order valence-electron chi connectivity index (χ0n) is 16.7. The number of nitrogens with zero attached hydrogens (tertiary/aromatic N) is 1. The number of hydrogen-bond donors (Lipinski definition) is 1. The Morgan fingerprint density at radius 1 is 1.07 bits per heavy atom. The third-order valence-electron chi connectivity index (χ3n) is 5.02. The van der Waals surface area contributed by atoms with Crippen molar-refractivity contribution in [3.63, 3.8) is 0 Å². The molecule has 1 saturated heterocycles. The second-order valence-electron chi connectivity index (χ2n) is 7.30. The molecule has 3 aromatic carbocycles. The van der Waals surface area contributed by atoms with Gasteiger partial charge in [0.2, 0.25) is 5.91 Å². The summed E-state index contributed by atoms with van der Waals surface area (Å²) < 4.78 is 0.861. The minimum atomic E-state index is -0.161. The van der Waals surface area contributed by atoms with E-state index in [0.717, 1.165) is 27.0 Å². The summed E-state index contributed by atoms with van der Waals surface area (Å²) in [6.45, 7) is 4.09. The van der Waals surface area contributed by atoms with E-state index in [1.807, 2.05) is 60.4 Å². The summed E-state index contributed by atoms with van der Waals surface area (Å²) in [6.07, 6.45) is 0. The molecule has 0 spiro atoms. The van der Waals surface area contributed by atoms with Crippen molar-refractivity contribution in [3.8, 4) is 0 Å². The van der Waals surface area contributed by atoms with Gasteiger partial charge in [-0.15, -0.1) is 11.8 Å². The molecule has 1 unspecified atom stereocenters. The lowest BCUT2D eigenvalue weighted by Crippen LogP contribution is -2.28. The minimum Gasteiger partial charge on any atom is -0.322 e. The zero-order chi connectivity index (χ0) is 21.3. The molecule has 3 aromatic rings. The Morgan fingerprint density at radius 3 is 2.53 bits per heavy atom. The summed E-state index contributed by atoms with van der Waals surface area (Å²) in [6, 6.07) is 21.2. The van der Waals surface area contributed by atoms with Crippen LogP contribution < -0.4 is 10.2 Å². The van der Waals surface area contributed by atoms with Crippen LogP contribution in [0.5, 0.6) is 0 Å². The van der Waals surface area contributed by atoms with Crippen molar-refractivity contribution in [3.05, 3.63) is 93.5 Å². The molecule has 1 N–H and O–H groups in total. The van der Waals surface area contributed by atoms with Gasteiger partial charge in [0.15, 0.2) is 0 Å². The predicted molar refractivity (Wildman–Crippen MR) is 127 cm³/mol. The van der Waals surface area contributed by atoms with Crippen LogP contribution in [0.25, 0.3) is 0 Å². The van der Waals surface area contributed by atoms with E-state index in [2.05, 4.69) is 34.2 Å². The molecule has 152 valence electrons. The standard InChI is InChI=1S/C24H21BrN2O2S/c1-15-6-11-21(16(2)12-15)27-22(28)14-30-24(27)17-7-9-20(10-8-17)26-23(29)18-4-3-5-19(25)13-18/h3-13,24H,14H2,1-2H3,(H,26,29). The van der Waals surface area contributed by atoms with Crippen LogP contribution in [0.3, 0.4) is 0 Å². The topological polar surface area (TPSA) is 49.4 Å². The van der Waals surface area contributed by atoms with Crippen LogP contribution >= 0.6 is 27.7 Å². The number of benzene rings is 3. The summed E-state index contributed by atoms with van der Waals surface area (Å²) in [5.41, 5.74) is 5.56. The highest BCUT2D eigenvalue weighted by molar-refractivity contribution is 9.10. The van der Waals surface area contributed by atoms with Crippen LogP contribution in [-0.2, 0) is 4.79 Å². The van der Waals surface area contributed by atoms with Crippen molar-refractivity contribution in [1.82, 2.24) is 0 Å². The first kappa shape index (κ1) is 20.7. The Labute approximate surface area is 188 Å². The lowest BCUT2D eigenvalue weighted by atomic mass is 10.1. The van der Waals surface area contributed by atoms with Crippen molar-refractivity contribution in [1.29, 1.82) is 0 Å². The molecule has 30 heavy (non-hydrogen) atoms. The van der Waals surface area contributed by atoms with E-state index in [-0.39, 0.29) is 17.2 Å². The van der Waals surface area contributed by atoms with E-state index in [1.54, 1.807) is 23.9 Å². The minimum absolute atomic E-state index is 0.0752. The van der Waals surface area contributed by atoms with Gasteiger partial charge < -0.3 is 5.32 Å². The molecule has 0 saturated carbocycles. The number of carbonyl (C=O) groups is 2. The fourth-order valence-electron chi connectivity index (χ4n) is 3.57. The largest absolute Gasteiger partial charge is 0.322 e. The van der Waals surface area contributed by atoms with Gasteiger partial charge in [-0.2, -0.15) is 0 Å². The molecule has 4 rings (SSSR count). The van der Waals surface area contributed by atoms with Crippen LogP contribution in [0, 0.1) is 13.8 Å². The Hall–Kier alpha value is -2.57. The SMILES string of the molecule is Cc1ccc(N2C(=O)CSC2c2ccc(NC(=O)c3cccc(Br)c3)cc2)c(C)c1. The third kappa shape index (κ3) is 4.30. The van der Waals surface area contributed by atoms with Gasteiger partial charge in [-0.1, -0.05) is 51.8 Å². The highest BCUT2D eigenvalue weighted by Crippen LogP contribution is 2.43. The first-order valence-electron chi connectivity index (χ1n) is 9.60. The molecule has 0 bridgehead atoms. The van der Waals surface area contributed by atoms with Crippen LogP contribution in [0.2, 0.25) is 0 Å². The maximum atomic E-state index is 12.6. The van der Waals surface area contributed by atoms with Crippen molar-refractivity contribution < 1.29 is 9.59 Å². The second kappa shape index (κ2) is 8.66. The van der Waals surface area contributed by atoms with Crippen molar-refractivity contribution in [2.24, 2.45) is 0 Å². The summed E-state index contributed by atoms with van der Waals surface area (Å²) in [7, 11) is 0. The Balaban J connectivity index is 1.54. The van der Waals surface area contributed by atoms with Crippen molar-refractivity contribution in [2.75, 3.05) is 16.0 Å². The average Bonchev–Trinajstić information content (AvgIpc) is 3.10. The van der Waals surface area contributed by atoms with E-state index in [4.69, 9.17) is 0 Å². The fraction of sp³-hybridized carbons (Fsp3) is 0.167. The van der Waals surface area contributed by atoms with Gasteiger partial charge in [-0.3, -0.25) is 14.5 Å². The van der Waals surface area contributed by atoms with Gasteiger partial charge in [0, 0.05) is 21.4 Å². The summed E-state index contributed by atoms with van der Waals surface area (Å²) in [5, 5.41) is 2.85. The summed E-state index contributed by atoms with van der Waals surface area (Å²) in [5.74, 6) is 0.412. The summed E-state index contributed by atoms with van der Waals surface area (Å²) >= 11 is 5.01. The molecular weight excluding hydrogens is 460 g/mol. The van der Waals surface area contributed by atoms with Crippen molar-refractivity contribution >= 4 is 50.9 Å². The van der Waals surface area contributed by atoms with E-state index >= 15 is 0 Å². The molecule has 1 aliphatic heterocycles. The number of anilines is 2. The lowest BCUT2D eigenvalue weighted by Gasteiger charge is -2.26. The second-order valence-corrected chi connectivity index (χ2v) is 9.29. The third-order valence-corrected chi connectivity index (χ3v) is 6.73. The number of halogens is 1. The number of thioether (sulfide) groups is 1. The van der Waals surface area contributed by atoms with E-state index in [1.165, 1.54) is 5.56 Å². The smallest absolute Gasteiger partial charge is 0.255 e. The normalized spacial score (nSPS) is 16.0. The Kier molecular flexibility index (Phi) is 5.97. The Morgan fingerprint density at radius 2 is 1.83 bits per heavy atom. The zero-order valence-corrected chi connectivity index (χ0v) is 19.1. The number of hydrogen-bond acceptors (Lipinski definition) is 3. The maximum absolute atomic E-state index is 12.6. The predicted octanol–water partition coefficient (Wildman–Crippen LogP) is 6.10. The van der Waals surface area contributed by atoms with Crippen LogP contribution in [0.4, 0.5) is 11.4 Å². The van der Waals surface area contributed by atoms with Crippen LogP contribution in [-0.4, -0.2) is 17.6 Å². The first-order chi connectivity index (χ1) is 14.4. The molecular formula is C24H21BrN2O2S. The Bertz CT molecular complexity index is 1110. The molecule has 2 amide bonds. The molecule has 0 aromatic heterocycles. The first-order valence-corrected chi connectivity index (χ1v) is 11.4. The average molecular weight is 481 g/mol. The van der Waals surface area contributed by atoms with Crippen molar-refractivity contribution in [2.45, 2.75) is 19.2 Å². The number of carbonyl (C=O) groups excluding carboxylic acids is 2. The van der Waals surface area contributed by atoms with Gasteiger partial charge >= 0.3 is 0 Å². The van der Waals surface area contributed by atoms with Crippen LogP contribution in [0.1, 0.15) is 32.4 Å². The monoisotopic (exact) mass is 480 g/mol. The van der Waals surface area contributed by atoms with Gasteiger partial charge in [0.05, 0.1) is 5.75 Å². The van der Waals surface area contributed by atoms with Gasteiger partial charge in [0.1, 0.15) is 5.37 Å². The summed E-state index contributed by atoms with van der Waals surface area (Å²) in [4.78, 5) is 27.0. The molecule has 1 atom stereocenters. The lowest BCUT2D eigenvalue weighted by molar-refractivity contribution is -0.115. The van der Waals surface area contributed by atoms with Gasteiger partial charge in [-0.05, 0) is 61.4 Å². The molecule has 4 nitrogen and oxygen atoms in total. The number of amides is 2. The highest BCUT2D eigenvalue weighted by Gasteiger charge is 2.34. The maximum Gasteiger partial charge on any atom is 0.255 e.